The van der Waals surface area contributed by atoms with Crippen molar-refractivity contribution in [3.63, 3.8) is 0 Å². The molecule has 2 aromatic carbocycles. The van der Waals surface area contributed by atoms with E-state index in [2.05, 4.69) is 0 Å². The SMILES string of the molecule is O=C(O)/C=C/c1cccc(Cl)c1Oc1ccc(Cl)c(F)c1. The summed E-state index contributed by atoms with van der Waals surface area (Å²) >= 11 is 11.6. The summed E-state index contributed by atoms with van der Waals surface area (Å²) in [4.78, 5) is 10.6. The van der Waals surface area contributed by atoms with Gasteiger partial charge in [0.1, 0.15) is 11.6 Å². The molecule has 0 atom stereocenters. The van der Waals surface area contributed by atoms with E-state index in [1.807, 2.05) is 0 Å². The van der Waals surface area contributed by atoms with Crippen molar-refractivity contribution >= 4 is 35.2 Å². The van der Waals surface area contributed by atoms with Gasteiger partial charge < -0.3 is 9.84 Å². The Morgan fingerprint density at radius 3 is 2.62 bits per heavy atom. The van der Waals surface area contributed by atoms with Crippen molar-refractivity contribution in [2.75, 3.05) is 0 Å². The third-order valence-electron chi connectivity index (χ3n) is 2.51. The molecule has 6 heteroatoms. The average Bonchev–Trinajstić information content (AvgIpc) is 2.43. The molecule has 0 unspecified atom stereocenters. The Labute approximate surface area is 130 Å². The van der Waals surface area contributed by atoms with E-state index in [4.69, 9.17) is 33.0 Å². The molecular weight excluding hydrogens is 318 g/mol. The maximum Gasteiger partial charge on any atom is 0.328 e. The van der Waals surface area contributed by atoms with Gasteiger partial charge in [0.2, 0.25) is 0 Å². The Morgan fingerprint density at radius 2 is 1.95 bits per heavy atom. The van der Waals surface area contributed by atoms with Crippen LogP contribution in [0.25, 0.3) is 6.08 Å². The van der Waals surface area contributed by atoms with Gasteiger partial charge in [-0.25, -0.2) is 9.18 Å². The highest BCUT2D eigenvalue weighted by molar-refractivity contribution is 6.32. The fourth-order valence-electron chi connectivity index (χ4n) is 1.58. The first-order valence-electron chi connectivity index (χ1n) is 5.80. The van der Waals surface area contributed by atoms with Gasteiger partial charge in [0.25, 0.3) is 0 Å². The van der Waals surface area contributed by atoms with Gasteiger partial charge in [0, 0.05) is 17.7 Å². The van der Waals surface area contributed by atoms with Crippen molar-refractivity contribution in [2.45, 2.75) is 0 Å². The molecule has 2 aromatic rings. The van der Waals surface area contributed by atoms with Crippen LogP contribution < -0.4 is 4.74 Å². The van der Waals surface area contributed by atoms with Crippen molar-refractivity contribution in [1.82, 2.24) is 0 Å². The Morgan fingerprint density at radius 1 is 1.19 bits per heavy atom. The van der Waals surface area contributed by atoms with E-state index in [0.717, 1.165) is 12.1 Å². The highest BCUT2D eigenvalue weighted by Crippen LogP contribution is 2.34. The zero-order chi connectivity index (χ0) is 15.4. The molecule has 0 spiro atoms. The van der Waals surface area contributed by atoms with Gasteiger partial charge in [-0.2, -0.15) is 0 Å². The van der Waals surface area contributed by atoms with Crippen LogP contribution in [0.3, 0.4) is 0 Å². The lowest BCUT2D eigenvalue weighted by Gasteiger charge is -2.11. The average molecular weight is 327 g/mol. The largest absolute Gasteiger partial charge is 0.478 e. The monoisotopic (exact) mass is 326 g/mol. The fourth-order valence-corrected chi connectivity index (χ4v) is 1.92. The van der Waals surface area contributed by atoms with Crippen LogP contribution in [0.1, 0.15) is 5.56 Å². The van der Waals surface area contributed by atoms with Crippen LogP contribution in [-0.4, -0.2) is 11.1 Å². The maximum atomic E-state index is 13.4. The van der Waals surface area contributed by atoms with Gasteiger partial charge >= 0.3 is 5.97 Å². The molecule has 0 amide bonds. The molecule has 0 heterocycles. The molecular formula is C15H9Cl2FO3. The van der Waals surface area contributed by atoms with Crippen molar-refractivity contribution < 1.29 is 19.0 Å². The molecule has 0 aromatic heterocycles. The van der Waals surface area contributed by atoms with Crippen LogP contribution in [-0.2, 0) is 4.79 Å². The first-order valence-corrected chi connectivity index (χ1v) is 6.55. The van der Waals surface area contributed by atoms with Gasteiger partial charge in [0.15, 0.2) is 5.75 Å². The highest BCUT2D eigenvalue weighted by atomic mass is 35.5. The van der Waals surface area contributed by atoms with E-state index in [0.29, 0.717) is 5.56 Å². The zero-order valence-electron chi connectivity index (χ0n) is 10.5. The van der Waals surface area contributed by atoms with Crippen LogP contribution >= 0.6 is 23.2 Å². The lowest BCUT2D eigenvalue weighted by Crippen LogP contribution is -1.91. The van der Waals surface area contributed by atoms with Crippen molar-refractivity contribution in [2.24, 2.45) is 0 Å². The molecule has 21 heavy (non-hydrogen) atoms. The normalized spacial score (nSPS) is 10.8. The number of benzene rings is 2. The Hall–Kier alpha value is -2.04. The summed E-state index contributed by atoms with van der Waals surface area (Å²) in [5.74, 6) is -1.28. The fraction of sp³-hybridized carbons (Fsp3) is 0. The Kier molecular flexibility index (Phi) is 4.83. The number of rotatable bonds is 4. The number of hydrogen-bond donors (Lipinski definition) is 1. The molecule has 108 valence electrons. The van der Waals surface area contributed by atoms with Crippen molar-refractivity contribution in [1.29, 1.82) is 0 Å². The van der Waals surface area contributed by atoms with Gasteiger partial charge in [-0.3, -0.25) is 0 Å². The van der Waals surface area contributed by atoms with E-state index in [9.17, 15) is 9.18 Å². The van der Waals surface area contributed by atoms with Gasteiger partial charge in [-0.15, -0.1) is 0 Å². The second-order valence-corrected chi connectivity index (χ2v) is 4.82. The van der Waals surface area contributed by atoms with Crippen molar-refractivity contribution in [3.05, 3.63) is 63.9 Å². The summed E-state index contributed by atoms with van der Waals surface area (Å²) in [6.45, 7) is 0. The van der Waals surface area contributed by atoms with Gasteiger partial charge in [-0.05, 0) is 24.3 Å². The summed E-state index contributed by atoms with van der Waals surface area (Å²) in [6, 6.07) is 8.83. The van der Waals surface area contributed by atoms with Crippen LogP contribution in [0, 0.1) is 5.82 Å². The van der Waals surface area contributed by atoms with Crippen LogP contribution in [0.2, 0.25) is 10.0 Å². The molecule has 0 saturated heterocycles. The van der Waals surface area contributed by atoms with E-state index in [1.54, 1.807) is 18.2 Å². The summed E-state index contributed by atoms with van der Waals surface area (Å²) in [7, 11) is 0. The van der Waals surface area contributed by atoms with Crippen molar-refractivity contribution in [3.8, 4) is 11.5 Å². The first kappa shape index (κ1) is 15.4. The van der Waals surface area contributed by atoms with Crippen LogP contribution in [0.4, 0.5) is 4.39 Å². The Bertz CT molecular complexity index is 714. The first-order chi connectivity index (χ1) is 9.97. The second kappa shape index (κ2) is 6.61. The predicted octanol–water partition coefficient (Wildman–Crippen LogP) is 5.02. The predicted molar refractivity (Wildman–Crippen MR) is 79.6 cm³/mol. The minimum atomic E-state index is -1.10. The lowest BCUT2D eigenvalue weighted by atomic mass is 10.2. The molecule has 0 aliphatic heterocycles. The number of halogens is 3. The number of aliphatic carboxylic acids is 1. The molecule has 0 radical (unpaired) electrons. The van der Waals surface area contributed by atoms with E-state index >= 15 is 0 Å². The third-order valence-corrected chi connectivity index (χ3v) is 3.12. The molecule has 0 bridgehead atoms. The quantitative estimate of drug-likeness (QED) is 0.802. The zero-order valence-corrected chi connectivity index (χ0v) is 12.0. The standard InChI is InChI=1S/C15H9Cl2FO3/c16-11-6-5-10(8-13(11)18)21-15-9(4-7-14(19)20)2-1-3-12(15)17/h1-8H,(H,19,20)/b7-4+. The number of para-hydroxylation sites is 1. The molecule has 0 aliphatic carbocycles. The molecule has 1 N–H and O–H groups in total. The number of carboxylic acid groups (broad SMARTS) is 1. The Balaban J connectivity index is 2.38. The van der Waals surface area contributed by atoms with E-state index in [-0.39, 0.29) is 21.5 Å². The molecule has 0 saturated carbocycles. The molecule has 3 nitrogen and oxygen atoms in total. The van der Waals surface area contributed by atoms with Gasteiger partial charge in [0.05, 0.1) is 10.0 Å². The minimum Gasteiger partial charge on any atom is -0.478 e. The highest BCUT2D eigenvalue weighted by Gasteiger charge is 2.10. The topological polar surface area (TPSA) is 46.5 Å². The lowest BCUT2D eigenvalue weighted by molar-refractivity contribution is -0.131. The second-order valence-electron chi connectivity index (χ2n) is 4.01. The minimum absolute atomic E-state index is 0.0208. The number of hydrogen-bond acceptors (Lipinski definition) is 2. The smallest absolute Gasteiger partial charge is 0.328 e. The summed E-state index contributed by atoms with van der Waals surface area (Å²) in [5, 5.41) is 8.92. The summed E-state index contributed by atoms with van der Waals surface area (Å²) in [5.41, 5.74) is 0.459. The summed E-state index contributed by atoms with van der Waals surface area (Å²) in [6.07, 6.45) is 2.30. The number of carboxylic acids is 1. The van der Waals surface area contributed by atoms with Crippen LogP contribution in [0.5, 0.6) is 11.5 Å². The molecule has 2 rings (SSSR count). The maximum absolute atomic E-state index is 13.4. The van der Waals surface area contributed by atoms with E-state index in [1.165, 1.54) is 18.2 Å². The molecule has 0 fully saturated rings. The number of ether oxygens (including phenoxy) is 1. The van der Waals surface area contributed by atoms with Gasteiger partial charge in [-0.1, -0.05) is 35.3 Å². The number of carbonyl (C=O) groups is 1. The van der Waals surface area contributed by atoms with E-state index < -0.39 is 11.8 Å². The van der Waals surface area contributed by atoms with Crippen LogP contribution in [0.15, 0.2) is 42.5 Å². The summed E-state index contributed by atoms with van der Waals surface area (Å²) < 4.78 is 18.9. The third kappa shape index (κ3) is 3.97. The molecule has 0 aliphatic rings.